The lowest BCUT2D eigenvalue weighted by molar-refractivity contribution is -0.155. The predicted octanol–water partition coefficient (Wildman–Crippen LogP) is 3.22. The summed E-state index contributed by atoms with van der Waals surface area (Å²) in [5.41, 5.74) is -2.17. The van der Waals surface area contributed by atoms with Gasteiger partial charge in [0.1, 0.15) is 35.3 Å². The molecule has 6 atom stereocenters. The highest BCUT2D eigenvalue weighted by Crippen LogP contribution is 2.70. The zero-order valence-electron chi connectivity index (χ0n) is 22.6. The number of aliphatic hydroxyl groups excluding tert-OH is 1. The Kier molecular flexibility index (Phi) is 6.60. The maximum Gasteiger partial charge on any atom is 0.228 e. The number of ether oxygens (including phenoxy) is 5. The number of methoxy groups -OCH3 is 3. The zero-order chi connectivity index (χ0) is 28.1. The van der Waals surface area contributed by atoms with E-state index in [1.54, 1.807) is 43.5 Å². The van der Waals surface area contributed by atoms with Crippen LogP contribution in [0.2, 0.25) is 0 Å². The summed E-state index contributed by atoms with van der Waals surface area (Å²) in [6.07, 6.45) is -0.541. The summed E-state index contributed by atoms with van der Waals surface area (Å²) < 4.78 is 29.1. The van der Waals surface area contributed by atoms with E-state index in [9.17, 15) is 15.0 Å². The van der Waals surface area contributed by atoms with E-state index in [2.05, 4.69) is 5.32 Å². The van der Waals surface area contributed by atoms with Gasteiger partial charge in [0.2, 0.25) is 5.91 Å². The molecular formula is C31H33NO8. The van der Waals surface area contributed by atoms with Crippen molar-refractivity contribution in [1.82, 2.24) is 5.32 Å². The number of aliphatic hydroxyl groups is 2. The first-order valence-electron chi connectivity index (χ1n) is 13.4. The van der Waals surface area contributed by atoms with Crippen molar-refractivity contribution < 1.29 is 38.7 Å². The number of carbonyl (C=O) groups is 1. The summed E-state index contributed by atoms with van der Waals surface area (Å²) in [6.45, 7) is 0.551. The number of rotatable bonds is 7. The van der Waals surface area contributed by atoms with Crippen molar-refractivity contribution in [2.45, 2.75) is 42.3 Å². The van der Waals surface area contributed by atoms with Gasteiger partial charge < -0.3 is 39.2 Å². The van der Waals surface area contributed by atoms with Crippen LogP contribution in [0.5, 0.6) is 23.0 Å². The van der Waals surface area contributed by atoms with Gasteiger partial charge in [0.05, 0.1) is 32.8 Å². The zero-order valence-corrected chi connectivity index (χ0v) is 22.6. The predicted molar refractivity (Wildman–Crippen MR) is 145 cm³/mol. The van der Waals surface area contributed by atoms with Crippen molar-refractivity contribution in [3.05, 3.63) is 83.4 Å². The highest BCUT2D eigenvalue weighted by Gasteiger charge is 2.78. The van der Waals surface area contributed by atoms with Crippen LogP contribution in [0.15, 0.2) is 66.7 Å². The fourth-order valence-corrected chi connectivity index (χ4v) is 6.74. The van der Waals surface area contributed by atoms with Crippen molar-refractivity contribution in [1.29, 1.82) is 0 Å². The Bertz CT molecular complexity index is 1390. The normalized spacial score (nSPS) is 30.2. The molecule has 1 amide bonds. The molecule has 6 rings (SSSR count). The molecule has 2 fully saturated rings. The van der Waals surface area contributed by atoms with E-state index in [0.717, 1.165) is 12.0 Å². The maximum absolute atomic E-state index is 14.0. The Balaban J connectivity index is 1.62. The van der Waals surface area contributed by atoms with Crippen LogP contribution in [0.3, 0.4) is 0 Å². The van der Waals surface area contributed by atoms with Gasteiger partial charge in [-0.05, 0) is 36.1 Å². The molecule has 0 spiro atoms. The number of hydrogen-bond acceptors (Lipinski definition) is 8. The van der Waals surface area contributed by atoms with Crippen LogP contribution in [0, 0.1) is 5.92 Å². The van der Waals surface area contributed by atoms with Gasteiger partial charge in [-0.15, -0.1) is 0 Å². The minimum Gasteiger partial charge on any atom is -0.497 e. The van der Waals surface area contributed by atoms with Gasteiger partial charge in [-0.3, -0.25) is 4.79 Å². The smallest absolute Gasteiger partial charge is 0.228 e. The molecular weight excluding hydrogens is 514 g/mol. The Hall–Kier alpha value is -3.79. The molecule has 0 bridgehead atoms. The van der Waals surface area contributed by atoms with E-state index in [0.29, 0.717) is 35.8 Å². The molecule has 3 aliphatic rings. The number of benzene rings is 3. The van der Waals surface area contributed by atoms with E-state index in [1.807, 2.05) is 30.3 Å². The second-order valence-electron chi connectivity index (χ2n) is 10.4. The van der Waals surface area contributed by atoms with Crippen LogP contribution >= 0.6 is 0 Å². The van der Waals surface area contributed by atoms with Crippen LogP contribution in [0.25, 0.3) is 0 Å². The van der Waals surface area contributed by atoms with Gasteiger partial charge >= 0.3 is 0 Å². The highest BCUT2D eigenvalue weighted by atomic mass is 16.5. The first-order chi connectivity index (χ1) is 19.4. The summed E-state index contributed by atoms with van der Waals surface area (Å²) in [4.78, 5) is 14.0. The molecule has 0 radical (unpaired) electrons. The number of fused-ring (bicyclic) bond motifs is 3. The van der Waals surface area contributed by atoms with Crippen LogP contribution in [0.4, 0.5) is 0 Å². The topological polar surface area (TPSA) is 116 Å². The van der Waals surface area contributed by atoms with Crippen molar-refractivity contribution in [3.8, 4) is 23.0 Å². The van der Waals surface area contributed by atoms with E-state index < -0.39 is 41.3 Å². The van der Waals surface area contributed by atoms with Crippen LogP contribution in [-0.4, -0.2) is 56.4 Å². The average molecular weight is 548 g/mol. The summed E-state index contributed by atoms with van der Waals surface area (Å²) in [5, 5.41) is 28.1. The molecule has 3 aromatic carbocycles. The molecule has 6 unspecified atom stereocenters. The van der Waals surface area contributed by atoms with Gasteiger partial charge in [-0.1, -0.05) is 42.5 Å². The molecule has 1 saturated carbocycles. The van der Waals surface area contributed by atoms with Gasteiger partial charge in [0.25, 0.3) is 0 Å². The van der Waals surface area contributed by atoms with Gasteiger partial charge in [0, 0.05) is 24.7 Å². The minimum absolute atomic E-state index is 0.257. The standard InChI is InChI=1S/C31H33NO8/c1-36-20-13-11-19(12-14-20)31-26(18-8-5-4-6-9-18)25(29(34)32-24-10-7-15-39-24)28(33)30(31,35)27-22(38-3)16-21(37-2)17-23(27)40-31/h4-6,8-9,11-14,16-17,24-26,28,33,35H,7,10,15H2,1-3H3,(H,32,34). The molecule has 40 heavy (non-hydrogen) atoms. The highest BCUT2D eigenvalue weighted by molar-refractivity contribution is 5.83. The molecule has 2 heterocycles. The minimum atomic E-state index is -2.09. The lowest BCUT2D eigenvalue weighted by Gasteiger charge is -2.40. The van der Waals surface area contributed by atoms with Crippen molar-refractivity contribution in [2.75, 3.05) is 27.9 Å². The molecule has 210 valence electrons. The number of nitrogens with one attached hydrogen (secondary N) is 1. The summed E-state index contributed by atoms with van der Waals surface area (Å²) in [6, 6.07) is 19.8. The molecule has 3 aromatic rings. The molecule has 2 aliphatic heterocycles. The summed E-state index contributed by atoms with van der Waals surface area (Å²) in [7, 11) is 4.57. The van der Waals surface area contributed by atoms with Gasteiger partial charge in [-0.2, -0.15) is 0 Å². The maximum atomic E-state index is 14.0. The summed E-state index contributed by atoms with van der Waals surface area (Å²) >= 11 is 0. The average Bonchev–Trinajstić information content (AvgIpc) is 3.64. The quantitative estimate of drug-likeness (QED) is 0.413. The molecule has 3 N–H and O–H groups in total. The Labute approximate surface area is 232 Å². The lowest BCUT2D eigenvalue weighted by Crippen LogP contribution is -2.52. The third-order valence-electron chi connectivity index (χ3n) is 8.49. The fourth-order valence-electron chi connectivity index (χ4n) is 6.74. The summed E-state index contributed by atoms with van der Waals surface area (Å²) in [5.74, 6) is -0.693. The second kappa shape index (κ2) is 9.99. The van der Waals surface area contributed by atoms with E-state index in [-0.39, 0.29) is 11.3 Å². The van der Waals surface area contributed by atoms with Gasteiger partial charge in [-0.25, -0.2) is 0 Å². The Morgan fingerprint density at radius 2 is 1.70 bits per heavy atom. The fraction of sp³-hybridized carbons (Fsp3) is 0.387. The first kappa shape index (κ1) is 26.4. The van der Waals surface area contributed by atoms with E-state index in [4.69, 9.17) is 23.7 Å². The number of amides is 1. The van der Waals surface area contributed by atoms with Crippen LogP contribution < -0.4 is 24.3 Å². The molecule has 0 aromatic heterocycles. The van der Waals surface area contributed by atoms with E-state index in [1.165, 1.54) is 14.2 Å². The Morgan fingerprint density at radius 1 is 0.975 bits per heavy atom. The first-order valence-corrected chi connectivity index (χ1v) is 13.4. The second-order valence-corrected chi connectivity index (χ2v) is 10.4. The molecule has 1 aliphatic carbocycles. The monoisotopic (exact) mass is 547 g/mol. The van der Waals surface area contributed by atoms with Crippen LogP contribution in [-0.2, 0) is 20.7 Å². The number of carbonyl (C=O) groups excluding carboxylic acids is 1. The van der Waals surface area contributed by atoms with Crippen molar-refractivity contribution in [3.63, 3.8) is 0 Å². The number of hydrogen-bond donors (Lipinski definition) is 3. The van der Waals surface area contributed by atoms with Crippen LogP contribution in [0.1, 0.15) is 35.4 Å². The van der Waals surface area contributed by atoms with E-state index >= 15 is 0 Å². The molecule has 9 heteroatoms. The largest absolute Gasteiger partial charge is 0.497 e. The van der Waals surface area contributed by atoms with Crippen molar-refractivity contribution >= 4 is 5.91 Å². The van der Waals surface area contributed by atoms with Crippen molar-refractivity contribution in [2.24, 2.45) is 5.92 Å². The SMILES string of the molecule is COc1ccc(C23Oc4cc(OC)cc(OC)c4C2(O)C(O)C(C(=O)NC2CCCO2)C3c2ccccc2)cc1. The lowest BCUT2D eigenvalue weighted by atomic mass is 9.70. The third-order valence-corrected chi connectivity index (χ3v) is 8.49. The van der Waals surface area contributed by atoms with Gasteiger partial charge in [0.15, 0.2) is 11.2 Å². The molecule has 9 nitrogen and oxygen atoms in total. The Morgan fingerprint density at radius 3 is 2.33 bits per heavy atom. The molecule has 1 saturated heterocycles. The third kappa shape index (κ3) is 3.68.